The topological polar surface area (TPSA) is 39.7 Å². The summed E-state index contributed by atoms with van der Waals surface area (Å²) in [6, 6.07) is 0.475. The summed E-state index contributed by atoms with van der Waals surface area (Å²) in [5.74, 6) is 1.40. The van der Waals surface area contributed by atoms with E-state index in [4.69, 9.17) is 14.0 Å². The molecule has 0 aromatic rings. The normalized spacial score (nSPS) is 49.0. The predicted molar refractivity (Wildman–Crippen MR) is 77.1 cm³/mol. The van der Waals surface area contributed by atoms with E-state index in [1.165, 1.54) is 19.3 Å². The van der Waals surface area contributed by atoms with Gasteiger partial charge in [-0.3, -0.25) is 0 Å². The Morgan fingerprint density at radius 2 is 2.15 bits per heavy atom. The second-order valence-corrected chi connectivity index (χ2v) is 7.88. The minimum atomic E-state index is -0.456. The van der Waals surface area contributed by atoms with E-state index >= 15 is 0 Å². The average Bonchev–Trinajstić information content (AvgIpc) is 3.00. The Kier molecular flexibility index (Phi) is 3.02. The third-order valence-corrected chi connectivity index (χ3v) is 6.52. The summed E-state index contributed by atoms with van der Waals surface area (Å²) >= 11 is 0. The van der Waals surface area contributed by atoms with E-state index in [1.807, 2.05) is 0 Å². The molecule has 2 saturated heterocycles. The van der Waals surface area contributed by atoms with Crippen molar-refractivity contribution in [3.05, 3.63) is 0 Å². The molecule has 1 N–H and O–H groups in total. The minimum absolute atomic E-state index is 0.147. The van der Waals surface area contributed by atoms with Gasteiger partial charge in [0.05, 0.1) is 11.7 Å². The van der Waals surface area contributed by atoms with E-state index < -0.39 is 7.32 Å². The van der Waals surface area contributed by atoms with Crippen LogP contribution < -0.4 is 5.32 Å². The van der Waals surface area contributed by atoms with Crippen LogP contribution in [0.5, 0.6) is 0 Å². The molecule has 5 heteroatoms. The van der Waals surface area contributed by atoms with Crippen molar-refractivity contribution >= 4 is 7.32 Å². The quantitative estimate of drug-likeness (QED) is 0.802. The lowest BCUT2D eigenvalue weighted by molar-refractivity contribution is -0.200. The van der Waals surface area contributed by atoms with Crippen molar-refractivity contribution in [3.63, 3.8) is 0 Å². The Hall–Kier alpha value is -0.0951. The summed E-state index contributed by atoms with van der Waals surface area (Å²) in [5, 5.41) is 3.45. The van der Waals surface area contributed by atoms with Crippen LogP contribution >= 0.6 is 0 Å². The largest absolute Gasteiger partial charge is 0.640 e. The van der Waals surface area contributed by atoms with Crippen LogP contribution in [-0.4, -0.2) is 38.2 Å². The first-order valence-electron chi connectivity index (χ1n) is 8.18. The van der Waals surface area contributed by atoms with Gasteiger partial charge in [-0.05, 0) is 56.4 Å². The molecule has 5 atom stereocenters. The molecule has 2 aliphatic heterocycles. The second kappa shape index (κ2) is 4.45. The monoisotopic (exact) mass is 279 g/mol. The van der Waals surface area contributed by atoms with Crippen LogP contribution in [0.15, 0.2) is 0 Å². The summed E-state index contributed by atoms with van der Waals surface area (Å²) in [6.45, 7) is 8.81. The van der Waals surface area contributed by atoms with Gasteiger partial charge in [-0.25, -0.2) is 0 Å². The van der Waals surface area contributed by atoms with Crippen molar-refractivity contribution in [2.45, 2.75) is 64.2 Å². The molecule has 3 saturated carbocycles. The maximum atomic E-state index is 6.23. The van der Waals surface area contributed by atoms with Gasteiger partial charge in [0.2, 0.25) is 0 Å². The highest BCUT2D eigenvalue weighted by molar-refractivity contribution is 6.37. The summed E-state index contributed by atoms with van der Waals surface area (Å²) in [7, 11) is -0.456. The molecule has 0 spiro atoms. The molecule has 0 aromatic heterocycles. The zero-order chi connectivity index (χ0) is 14.0. The number of nitrogens with one attached hydrogen (secondary N) is 1. The molecule has 112 valence electrons. The predicted octanol–water partition coefficient (Wildman–Crippen LogP) is 1.98. The van der Waals surface area contributed by atoms with Crippen molar-refractivity contribution in [1.29, 1.82) is 0 Å². The molecule has 5 rings (SSSR count). The smallest absolute Gasteiger partial charge is 0.384 e. The Morgan fingerprint density at radius 1 is 1.30 bits per heavy atom. The van der Waals surface area contributed by atoms with Gasteiger partial charge in [0.1, 0.15) is 0 Å². The molecular weight excluding hydrogens is 253 g/mol. The standard InChI is InChI=1S/C15H26BNO3/c1-14(2)10-7-12(14)15(3)13(8-10)19-16(20-15)18-9-11-5-4-6-17-11/h10-13,17H,4-9H2,1-3H3/t10-,11-,12+,13-,15+/m0/s1. The van der Waals surface area contributed by atoms with Crippen LogP contribution in [0.25, 0.3) is 0 Å². The van der Waals surface area contributed by atoms with Gasteiger partial charge in [0.15, 0.2) is 0 Å². The molecule has 20 heavy (non-hydrogen) atoms. The van der Waals surface area contributed by atoms with Gasteiger partial charge in [-0.2, -0.15) is 0 Å². The Bertz CT molecular complexity index is 399. The van der Waals surface area contributed by atoms with E-state index in [0.29, 0.717) is 24.0 Å². The first kappa shape index (κ1) is 13.6. The van der Waals surface area contributed by atoms with E-state index in [1.54, 1.807) is 0 Å². The molecule has 5 fully saturated rings. The summed E-state index contributed by atoms with van der Waals surface area (Å²) in [4.78, 5) is 0. The first-order valence-corrected chi connectivity index (χ1v) is 8.18. The van der Waals surface area contributed by atoms with Crippen LogP contribution in [0, 0.1) is 17.3 Å². The van der Waals surface area contributed by atoms with Crippen molar-refractivity contribution in [3.8, 4) is 0 Å². The highest BCUT2D eigenvalue weighted by Crippen LogP contribution is 2.65. The van der Waals surface area contributed by atoms with Crippen LogP contribution in [-0.2, 0) is 14.0 Å². The molecule has 0 unspecified atom stereocenters. The average molecular weight is 279 g/mol. The van der Waals surface area contributed by atoms with E-state index in [2.05, 4.69) is 26.1 Å². The zero-order valence-corrected chi connectivity index (χ0v) is 12.9. The third kappa shape index (κ3) is 1.83. The zero-order valence-electron chi connectivity index (χ0n) is 12.9. The lowest BCUT2D eigenvalue weighted by atomic mass is 9.43. The fourth-order valence-electron chi connectivity index (χ4n) is 4.99. The van der Waals surface area contributed by atoms with E-state index in [-0.39, 0.29) is 11.7 Å². The van der Waals surface area contributed by atoms with E-state index in [9.17, 15) is 0 Å². The molecule has 3 aliphatic carbocycles. The molecule has 0 radical (unpaired) electrons. The van der Waals surface area contributed by atoms with Crippen LogP contribution in [0.2, 0.25) is 0 Å². The third-order valence-electron chi connectivity index (χ3n) is 6.52. The number of hydrogen-bond donors (Lipinski definition) is 1. The molecular formula is C15H26BNO3. The Labute approximate surface area is 122 Å². The van der Waals surface area contributed by atoms with E-state index in [0.717, 1.165) is 18.9 Å². The Balaban J connectivity index is 1.39. The first-order chi connectivity index (χ1) is 9.50. The molecule has 0 aromatic carbocycles. The molecule has 2 bridgehead atoms. The van der Waals surface area contributed by atoms with Crippen molar-refractivity contribution < 1.29 is 14.0 Å². The fourth-order valence-corrected chi connectivity index (χ4v) is 4.99. The maximum Gasteiger partial charge on any atom is 0.640 e. The number of rotatable bonds is 3. The maximum absolute atomic E-state index is 6.23. The fraction of sp³-hybridized carbons (Fsp3) is 1.00. The molecule has 2 heterocycles. The van der Waals surface area contributed by atoms with Gasteiger partial charge in [-0.1, -0.05) is 13.8 Å². The highest BCUT2D eigenvalue weighted by atomic mass is 16.8. The van der Waals surface area contributed by atoms with Gasteiger partial charge >= 0.3 is 7.32 Å². The summed E-state index contributed by atoms with van der Waals surface area (Å²) in [5.41, 5.74) is 0.253. The van der Waals surface area contributed by atoms with Gasteiger partial charge < -0.3 is 19.3 Å². The van der Waals surface area contributed by atoms with Crippen LogP contribution in [0.1, 0.15) is 46.5 Å². The van der Waals surface area contributed by atoms with Crippen LogP contribution in [0.4, 0.5) is 0 Å². The lowest BCUT2D eigenvalue weighted by Crippen LogP contribution is -2.65. The lowest BCUT2D eigenvalue weighted by Gasteiger charge is -2.64. The number of hydrogen-bond acceptors (Lipinski definition) is 4. The van der Waals surface area contributed by atoms with Crippen molar-refractivity contribution in [1.82, 2.24) is 5.32 Å². The van der Waals surface area contributed by atoms with Crippen molar-refractivity contribution in [2.75, 3.05) is 13.2 Å². The minimum Gasteiger partial charge on any atom is -0.384 e. The molecule has 4 nitrogen and oxygen atoms in total. The van der Waals surface area contributed by atoms with Crippen molar-refractivity contribution in [2.24, 2.45) is 17.3 Å². The SMILES string of the molecule is CC1(C)[C@@H]2C[C@@H]3OB(OC[C@@H]4CCCN4)O[C@]3(C)[C@@H]1C2. The van der Waals surface area contributed by atoms with Gasteiger partial charge in [-0.15, -0.1) is 0 Å². The highest BCUT2D eigenvalue weighted by Gasteiger charge is 2.68. The van der Waals surface area contributed by atoms with Crippen LogP contribution in [0.3, 0.4) is 0 Å². The molecule has 0 amide bonds. The summed E-state index contributed by atoms with van der Waals surface area (Å²) < 4.78 is 18.1. The summed E-state index contributed by atoms with van der Waals surface area (Å²) in [6.07, 6.45) is 5.09. The van der Waals surface area contributed by atoms with Gasteiger partial charge in [0.25, 0.3) is 0 Å². The Morgan fingerprint density at radius 3 is 2.85 bits per heavy atom. The molecule has 5 aliphatic rings. The van der Waals surface area contributed by atoms with Gasteiger partial charge in [0, 0.05) is 12.6 Å². The second-order valence-electron chi connectivity index (χ2n) is 7.88.